The van der Waals surface area contributed by atoms with Gasteiger partial charge in [-0.15, -0.1) is 0 Å². The molecule has 0 saturated carbocycles. The van der Waals surface area contributed by atoms with Crippen LogP contribution in [0.25, 0.3) is 11.0 Å². The highest BCUT2D eigenvalue weighted by atomic mass is 16.2. The molecular weight excluding hydrogens is 330 g/mol. The molecule has 0 N–H and O–H groups in total. The van der Waals surface area contributed by atoms with Gasteiger partial charge in [-0.05, 0) is 26.0 Å². The summed E-state index contributed by atoms with van der Waals surface area (Å²) in [6.45, 7) is 6.53. The molecule has 0 aliphatic carbocycles. The first kappa shape index (κ1) is 16.4. The lowest BCUT2D eigenvalue weighted by molar-refractivity contribution is 0.0748. The average Bonchev–Trinajstić information content (AvgIpc) is 2.95. The summed E-state index contributed by atoms with van der Waals surface area (Å²) in [6, 6.07) is 3.67. The standard InChI is InChI=1S/C18H21N7O/c1-12-11-14(15-13(2)22-23(3)16(15)21-12)17(26)24-7-9-25(10-8-24)18-19-5-4-6-20-18/h4-6,11H,7-10H2,1-3H3. The van der Waals surface area contributed by atoms with Gasteiger partial charge in [-0.2, -0.15) is 5.10 Å². The molecule has 3 aromatic rings. The Morgan fingerprint density at radius 1 is 1.08 bits per heavy atom. The lowest BCUT2D eigenvalue weighted by Gasteiger charge is -2.34. The molecule has 0 atom stereocenters. The zero-order chi connectivity index (χ0) is 18.3. The molecule has 8 nitrogen and oxygen atoms in total. The molecule has 4 rings (SSSR count). The van der Waals surface area contributed by atoms with Crippen molar-refractivity contribution in [3.8, 4) is 0 Å². The number of rotatable bonds is 2. The highest BCUT2D eigenvalue weighted by Gasteiger charge is 2.26. The minimum atomic E-state index is 0.0326. The first-order valence-corrected chi connectivity index (χ1v) is 8.67. The van der Waals surface area contributed by atoms with Crippen LogP contribution in [0.5, 0.6) is 0 Å². The number of amides is 1. The van der Waals surface area contributed by atoms with Crippen LogP contribution < -0.4 is 4.90 Å². The number of carbonyl (C=O) groups is 1. The Morgan fingerprint density at radius 2 is 1.77 bits per heavy atom. The van der Waals surface area contributed by atoms with E-state index in [1.165, 1.54) is 0 Å². The second-order valence-corrected chi connectivity index (χ2v) is 6.55. The lowest BCUT2D eigenvalue weighted by Crippen LogP contribution is -2.49. The highest BCUT2D eigenvalue weighted by molar-refractivity contribution is 6.06. The summed E-state index contributed by atoms with van der Waals surface area (Å²) < 4.78 is 1.74. The molecule has 4 heterocycles. The van der Waals surface area contributed by atoms with E-state index in [0.29, 0.717) is 24.6 Å². The number of nitrogens with zero attached hydrogens (tertiary/aromatic N) is 7. The Morgan fingerprint density at radius 3 is 2.46 bits per heavy atom. The predicted molar refractivity (Wildman–Crippen MR) is 98.1 cm³/mol. The van der Waals surface area contributed by atoms with Crippen molar-refractivity contribution in [3.05, 3.63) is 41.5 Å². The molecule has 0 unspecified atom stereocenters. The van der Waals surface area contributed by atoms with Gasteiger partial charge in [-0.3, -0.25) is 9.48 Å². The van der Waals surface area contributed by atoms with Crippen LogP contribution in [0.15, 0.2) is 24.5 Å². The second-order valence-electron chi connectivity index (χ2n) is 6.55. The normalized spacial score (nSPS) is 14.9. The number of anilines is 1. The second kappa shape index (κ2) is 6.36. The maximum absolute atomic E-state index is 13.2. The smallest absolute Gasteiger partial charge is 0.254 e. The van der Waals surface area contributed by atoms with Crippen LogP contribution in [0.3, 0.4) is 0 Å². The van der Waals surface area contributed by atoms with Gasteiger partial charge in [-0.25, -0.2) is 15.0 Å². The van der Waals surface area contributed by atoms with Gasteiger partial charge in [0.15, 0.2) is 5.65 Å². The number of aromatic nitrogens is 5. The van der Waals surface area contributed by atoms with E-state index in [0.717, 1.165) is 35.5 Å². The zero-order valence-corrected chi connectivity index (χ0v) is 15.2. The Labute approximate surface area is 151 Å². The molecule has 0 aromatic carbocycles. The Hall–Kier alpha value is -3.03. The third-order valence-corrected chi connectivity index (χ3v) is 4.73. The number of fused-ring (bicyclic) bond motifs is 1. The van der Waals surface area contributed by atoms with Crippen LogP contribution in [0.4, 0.5) is 5.95 Å². The summed E-state index contributed by atoms with van der Waals surface area (Å²) in [5, 5.41) is 5.27. The molecule has 134 valence electrons. The molecule has 0 spiro atoms. The highest BCUT2D eigenvalue weighted by Crippen LogP contribution is 2.23. The summed E-state index contributed by atoms with van der Waals surface area (Å²) in [4.78, 5) is 30.3. The fourth-order valence-electron chi connectivity index (χ4n) is 3.47. The quantitative estimate of drug-likeness (QED) is 0.693. The molecule has 1 aliphatic rings. The van der Waals surface area contributed by atoms with Crippen LogP contribution in [0.1, 0.15) is 21.7 Å². The van der Waals surface area contributed by atoms with Crippen molar-refractivity contribution in [1.82, 2.24) is 29.6 Å². The van der Waals surface area contributed by atoms with E-state index < -0.39 is 0 Å². The number of hydrogen-bond acceptors (Lipinski definition) is 6. The summed E-state index contributed by atoms with van der Waals surface area (Å²) >= 11 is 0. The minimum Gasteiger partial charge on any atom is -0.337 e. The van der Waals surface area contributed by atoms with Crippen LogP contribution in [0.2, 0.25) is 0 Å². The van der Waals surface area contributed by atoms with E-state index in [1.807, 2.05) is 31.9 Å². The van der Waals surface area contributed by atoms with E-state index in [4.69, 9.17) is 0 Å². The summed E-state index contributed by atoms with van der Waals surface area (Å²) in [6.07, 6.45) is 3.48. The first-order chi connectivity index (χ1) is 12.5. The van der Waals surface area contributed by atoms with Crippen molar-refractivity contribution in [3.63, 3.8) is 0 Å². The summed E-state index contributed by atoms with van der Waals surface area (Å²) in [5.74, 6) is 0.745. The van der Waals surface area contributed by atoms with Gasteiger partial charge in [0.05, 0.1) is 16.6 Å². The molecule has 1 aliphatic heterocycles. The van der Waals surface area contributed by atoms with Crippen molar-refractivity contribution in [2.45, 2.75) is 13.8 Å². The van der Waals surface area contributed by atoms with E-state index in [9.17, 15) is 4.79 Å². The van der Waals surface area contributed by atoms with E-state index >= 15 is 0 Å². The molecule has 3 aromatic heterocycles. The topological polar surface area (TPSA) is 80.0 Å². The molecule has 0 radical (unpaired) electrons. The first-order valence-electron chi connectivity index (χ1n) is 8.67. The number of aryl methyl sites for hydroxylation is 3. The van der Waals surface area contributed by atoms with Crippen LogP contribution in [-0.2, 0) is 7.05 Å². The minimum absolute atomic E-state index is 0.0326. The Bertz CT molecular complexity index is 959. The van der Waals surface area contributed by atoms with Crippen LogP contribution >= 0.6 is 0 Å². The van der Waals surface area contributed by atoms with Gasteiger partial charge >= 0.3 is 0 Å². The van der Waals surface area contributed by atoms with Gasteiger partial charge < -0.3 is 9.80 Å². The summed E-state index contributed by atoms with van der Waals surface area (Å²) in [5.41, 5.74) is 3.08. The van der Waals surface area contributed by atoms with Crippen LogP contribution in [-0.4, -0.2) is 61.7 Å². The van der Waals surface area contributed by atoms with Crippen molar-refractivity contribution in [2.24, 2.45) is 7.05 Å². The van der Waals surface area contributed by atoms with Crippen molar-refractivity contribution < 1.29 is 4.79 Å². The number of carbonyl (C=O) groups excluding carboxylic acids is 1. The third kappa shape index (κ3) is 2.77. The van der Waals surface area contributed by atoms with Gasteiger partial charge in [0.2, 0.25) is 5.95 Å². The van der Waals surface area contributed by atoms with E-state index in [1.54, 1.807) is 23.1 Å². The Kier molecular flexibility index (Phi) is 4.02. The SMILES string of the molecule is Cc1cc(C(=O)N2CCN(c3ncccn3)CC2)c2c(C)nn(C)c2n1. The van der Waals surface area contributed by atoms with Gasteiger partial charge in [0.25, 0.3) is 5.91 Å². The van der Waals surface area contributed by atoms with Crippen molar-refractivity contribution >= 4 is 22.9 Å². The number of piperazine rings is 1. The van der Waals surface area contributed by atoms with E-state index in [-0.39, 0.29) is 5.91 Å². The molecule has 1 fully saturated rings. The van der Waals surface area contributed by atoms with Gasteiger partial charge in [0, 0.05) is 51.3 Å². The third-order valence-electron chi connectivity index (χ3n) is 4.73. The fraction of sp³-hybridized carbons (Fsp3) is 0.389. The van der Waals surface area contributed by atoms with Gasteiger partial charge in [-0.1, -0.05) is 0 Å². The largest absolute Gasteiger partial charge is 0.337 e. The summed E-state index contributed by atoms with van der Waals surface area (Å²) in [7, 11) is 1.86. The average molecular weight is 351 g/mol. The molecule has 1 amide bonds. The van der Waals surface area contributed by atoms with Crippen LogP contribution in [0, 0.1) is 13.8 Å². The molecular formula is C18H21N7O. The number of pyridine rings is 1. The molecule has 0 bridgehead atoms. The fourth-order valence-corrected chi connectivity index (χ4v) is 3.47. The maximum atomic E-state index is 13.2. The van der Waals surface area contributed by atoms with Gasteiger partial charge in [0.1, 0.15) is 0 Å². The monoisotopic (exact) mass is 351 g/mol. The number of hydrogen-bond donors (Lipinski definition) is 0. The molecule has 1 saturated heterocycles. The Balaban J connectivity index is 1.59. The zero-order valence-electron chi connectivity index (χ0n) is 15.2. The molecule has 26 heavy (non-hydrogen) atoms. The van der Waals surface area contributed by atoms with Crippen molar-refractivity contribution in [2.75, 3.05) is 31.1 Å². The van der Waals surface area contributed by atoms with Crippen molar-refractivity contribution in [1.29, 1.82) is 0 Å². The molecule has 8 heteroatoms. The maximum Gasteiger partial charge on any atom is 0.254 e. The predicted octanol–water partition coefficient (Wildman–Crippen LogP) is 1.34. The lowest BCUT2D eigenvalue weighted by atomic mass is 10.1. The van der Waals surface area contributed by atoms with E-state index in [2.05, 4.69) is 25.0 Å².